The van der Waals surface area contributed by atoms with E-state index in [0.29, 0.717) is 5.92 Å². The van der Waals surface area contributed by atoms with Crippen molar-refractivity contribution in [2.45, 2.75) is 19.8 Å². The number of carbonyl (C=O) groups excluding carboxylic acids is 1. The second-order valence-corrected chi connectivity index (χ2v) is 8.58. The van der Waals surface area contributed by atoms with E-state index in [1.807, 2.05) is 33.7 Å². The first-order chi connectivity index (χ1) is 13.6. The lowest BCUT2D eigenvalue weighted by molar-refractivity contribution is 0.0683. The van der Waals surface area contributed by atoms with Crippen molar-refractivity contribution in [2.24, 2.45) is 5.92 Å². The SMILES string of the molecule is C[C@@H]1CCCN(C(=O)c2ccc3c(c2)sc2nc(-c4ccc(F)cc4)cn23)C1. The van der Waals surface area contributed by atoms with Crippen molar-refractivity contribution in [2.75, 3.05) is 13.1 Å². The van der Waals surface area contributed by atoms with Gasteiger partial charge in [-0.25, -0.2) is 9.37 Å². The summed E-state index contributed by atoms with van der Waals surface area (Å²) in [4.78, 5) is 20.4. The van der Waals surface area contributed by atoms with Crippen LogP contribution in [-0.4, -0.2) is 33.3 Å². The zero-order chi connectivity index (χ0) is 19.3. The number of thiazole rings is 1. The number of carbonyl (C=O) groups is 1. The third-order valence-corrected chi connectivity index (χ3v) is 6.44. The lowest BCUT2D eigenvalue weighted by Gasteiger charge is -2.31. The highest BCUT2D eigenvalue weighted by Crippen LogP contribution is 2.31. The Morgan fingerprint density at radius 2 is 2.04 bits per heavy atom. The monoisotopic (exact) mass is 393 g/mol. The van der Waals surface area contributed by atoms with Gasteiger partial charge in [0.15, 0.2) is 4.96 Å². The fourth-order valence-electron chi connectivity index (χ4n) is 3.95. The summed E-state index contributed by atoms with van der Waals surface area (Å²) in [6.45, 7) is 3.89. The van der Waals surface area contributed by atoms with E-state index in [-0.39, 0.29) is 11.7 Å². The Morgan fingerprint density at radius 1 is 1.21 bits per heavy atom. The van der Waals surface area contributed by atoms with Crippen LogP contribution in [-0.2, 0) is 0 Å². The summed E-state index contributed by atoms with van der Waals surface area (Å²) in [7, 11) is 0. The number of amides is 1. The number of aromatic nitrogens is 2. The molecule has 1 amide bonds. The largest absolute Gasteiger partial charge is 0.338 e. The van der Waals surface area contributed by atoms with Gasteiger partial charge < -0.3 is 4.90 Å². The summed E-state index contributed by atoms with van der Waals surface area (Å²) >= 11 is 1.57. The minimum Gasteiger partial charge on any atom is -0.338 e. The Labute approximate surface area is 166 Å². The van der Waals surface area contributed by atoms with Crippen molar-refractivity contribution in [3.8, 4) is 11.3 Å². The first-order valence-electron chi connectivity index (χ1n) is 9.55. The fourth-order valence-corrected chi connectivity index (χ4v) is 5.00. The summed E-state index contributed by atoms with van der Waals surface area (Å²) in [6, 6.07) is 12.2. The van der Waals surface area contributed by atoms with Crippen LogP contribution in [0.15, 0.2) is 48.7 Å². The molecule has 28 heavy (non-hydrogen) atoms. The molecule has 2 aromatic heterocycles. The number of hydrogen-bond acceptors (Lipinski definition) is 3. The van der Waals surface area contributed by atoms with Crippen LogP contribution in [0.1, 0.15) is 30.1 Å². The zero-order valence-electron chi connectivity index (χ0n) is 15.6. The van der Waals surface area contributed by atoms with Gasteiger partial charge in [0.05, 0.1) is 15.9 Å². The van der Waals surface area contributed by atoms with Crippen LogP contribution >= 0.6 is 11.3 Å². The van der Waals surface area contributed by atoms with Gasteiger partial charge in [0.2, 0.25) is 0 Å². The maximum Gasteiger partial charge on any atom is 0.253 e. The maximum absolute atomic E-state index is 13.2. The molecule has 3 heterocycles. The van der Waals surface area contributed by atoms with E-state index in [9.17, 15) is 9.18 Å². The van der Waals surface area contributed by atoms with E-state index in [0.717, 1.165) is 51.5 Å². The van der Waals surface area contributed by atoms with Gasteiger partial charge >= 0.3 is 0 Å². The molecule has 0 bridgehead atoms. The van der Waals surface area contributed by atoms with E-state index >= 15 is 0 Å². The van der Waals surface area contributed by atoms with Crippen molar-refractivity contribution in [1.82, 2.24) is 14.3 Å². The van der Waals surface area contributed by atoms with Crippen LogP contribution < -0.4 is 0 Å². The van der Waals surface area contributed by atoms with Gasteiger partial charge in [-0.3, -0.25) is 9.20 Å². The second kappa shape index (κ2) is 6.71. The minimum absolute atomic E-state index is 0.117. The Kier molecular flexibility index (Phi) is 4.16. The predicted molar refractivity (Wildman–Crippen MR) is 110 cm³/mol. The molecule has 5 rings (SSSR count). The summed E-state index contributed by atoms with van der Waals surface area (Å²) in [5.74, 6) is 0.429. The number of nitrogens with zero attached hydrogens (tertiary/aromatic N) is 3. The van der Waals surface area contributed by atoms with E-state index in [4.69, 9.17) is 0 Å². The standard InChI is InChI=1S/C22H20FN3OS/c1-14-3-2-10-25(12-14)21(27)16-6-9-19-20(11-16)28-22-24-18(13-26(19)22)15-4-7-17(23)8-5-15/h4-9,11,13-14H,2-3,10,12H2,1H3/t14-/m1/s1. The minimum atomic E-state index is -0.254. The summed E-state index contributed by atoms with van der Waals surface area (Å²) in [5, 5.41) is 0. The molecule has 142 valence electrons. The topological polar surface area (TPSA) is 37.6 Å². The van der Waals surface area contributed by atoms with E-state index in [2.05, 4.69) is 11.9 Å². The Morgan fingerprint density at radius 3 is 2.82 bits per heavy atom. The zero-order valence-corrected chi connectivity index (χ0v) is 16.4. The third-order valence-electron chi connectivity index (χ3n) is 5.43. The number of hydrogen-bond donors (Lipinski definition) is 0. The number of rotatable bonds is 2. The lowest BCUT2D eigenvalue weighted by atomic mass is 9.99. The summed E-state index contributed by atoms with van der Waals surface area (Å²) in [5.41, 5.74) is 3.47. The molecule has 1 fully saturated rings. The highest BCUT2D eigenvalue weighted by molar-refractivity contribution is 7.23. The van der Waals surface area contributed by atoms with Crippen LogP contribution in [0.4, 0.5) is 4.39 Å². The molecule has 0 spiro atoms. The van der Waals surface area contributed by atoms with Crippen LogP contribution in [0.2, 0.25) is 0 Å². The Bertz CT molecular complexity index is 1180. The average molecular weight is 393 g/mol. The van der Waals surface area contributed by atoms with Gasteiger partial charge in [-0.15, -0.1) is 0 Å². The molecule has 0 aliphatic carbocycles. The van der Waals surface area contributed by atoms with Gasteiger partial charge in [0.25, 0.3) is 5.91 Å². The first-order valence-corrected chi connectivity index (χ1v) is 10.4. The van der Waals surface area contributed by atoms with Gasteiger partial charge in [0.1, 0.15) is 5.82 Å². The molecule has 1 aliphatic heterocycles. The molecular formula is C22H20FN3OS. The van der Waals surface area contributed by atoms with Crippen LogP contribution in [0, 0.1) is 11.7 Å². The number of likely N-dealkylation sites (tertiary alicyclic amines) is 1. The average Bonchev–Trinajstić information content (AvgIpc) is 3.25. The van der Waals surface area contributed by atoms with E-state index in [1.165, 1.54) is 18.6 Å². The molecule has 4 nitrogen and oxygen atoms in total. The van der Waals surface area contributed by atoms with Crippen molar-refractivity contribution >= 4 is 32.4 Å². The Hall–Kier alpha value is -2.73. The molecule has 1 atom stereocenters. The predicted octanol–water partition coefficient (Wildman–Crippen LogP) is 5.23. The smallest absolute Gasteiger partial charge is 0.253 e. The highest BCUT2D eigenvalue weighted by Gasteiger charge is 2.22. The van der Waals surface area contributed by atoms with Crippen molar-refractivity contribution in [1.29, 1.82) is 0 Å². The molecule has 0 saturated carbocycles. The van der Waals surface area contributed by atoms with Crippen molar-refractivity contribution in [3.63, 3.8) is 0 Å². The quantitative estimate of drug-likeness (QED) is 0.468. The normalized spacial score (nSPS) is 17.5. The number of halogens is 1. The fraction of sp³-hybridized carbons (Fsp3) is 0.273. The molecule has 1 saturated heterocycles. The number of imidazole rings is 1. The Balaban J connectivity index is 1.49. The number of piperidine rings is 1. The molecule has 2 aromatic carbocycles. The van der Waals surface area contributed by atoms with E-state index < -0.39 is 0 Å². The number of fused-ring (bicyclic) bond motifs is 3. The van der Waals surface area contributed by atoms with E-state index in [1.54, 1.807) is 23.5 Å². The third kappa shape index (κ3) is 2.98. The molecule has 1 aliphatic rings. The van der Waals surface area contributed by atoms with Crippen LogP contribution in [0.3, 0.4) is 0 Å². The molecule has 0 radical (unpaired) electrons. The molecular weight excluding hydrogens is 373 g/mol. The first kappa shape index (κ1) is 17.4. The van der Waals surface area contributed by atoms with Crippen LogP contribution in [0.5, 0.6) is 0 Å². The summed E-state index contributed by atoms with van der Waals surface area (Å²) < 4.78 is 16.2. The molecule has 0 unspecified atom stereocenters. The van der Waals surface area contributed by atoms with Gasteiger partial charge in [-0.2, -0.15) is 0 Å². The number of benzene rings is 2. The van der Waals surface area contributed by atoms with Crippen molar-refractivity contribution < 1.29 is 9.18 Å². The van der Waals surface area contributed by atoms with Gasteiger partial charge in [0, 0.05) is 30.4 Å². The summed E-state index contributed by atoms with van der Waals surface area (Å²) in [6.07, 6.45) is 4.24. The van der Waals surface area contributed by atoms with Crippen LogP contribution in [0.25, 0.3) is 26.4 Å². The highest BCUT2D eigenvalue weighted by atomic mass is 32.1. The molecule has 4 aromatic rings. The van der Waals surface area contributed by atoms with Crippen molar-refractivity contribution in [3.05, 3.63) is 60.0 Å². The van der Waals surface area contributed by atoms with Gasteiger partial charge in [-0.05, 0) is 61.2 Å². The molecule has 0 N–H and O–H groups in total. The second-order valence-electron chi connectivity index (χ2n) is 7.57. The molecule has 6 heteroatoms. The lowest BCUT2D eigenvalue weighted by Crippen LogP contribution is -2.39. The van der Waals surface area contributed by atoms with Gasteiger partial charge in [-0.1, -0.05) is 18.3 Å². The maximum atomic E-state index is 13.2.